The second kappa shape index (κ2) is 7.70. The Kier molecular flexibility index (Phi) is 5.58. The number of carbonyl (C=O) groups excluding carboxylic acids is 1. The highest BCUT2D eigenvalue weighted by Gasteiger charge is 2.33. The molecule has 1 aliphatic rings. The normalized spacial score (nSPS) is 17.7. The Morgan fingerprint density at radius 2 is 2.04 bits per heavy atom. The second-order valence-corrected chi connectivity index (χ2v) is 7.93. The van der Waals surface area contributed by atoms with E-state index in [2.05, 4.69) is 21.8 Å². The van der Waals surface area contributed by atoms with Gasteiger partial charge in [-0.3, -0.25) is 9.69 Å². The van der Waals surface area contributed by atoms with E-state index >= 15 is 0 Å². The average molecular weight is 411 g/mol. The Labute approximate surface area is 163 Å². The van der Waals surface area contributed by atoms with E-state index in [0.717, 1.165) is 5.01 Å². The van der Waals surface area contributed by atoms with Gasteiger partial charge in [-0.1, -0.05) is 46.7 Å². The molecule has 9 heteroatoms. The predicted molar refractivity (Wildman–Crippen MR) is 106 cm³/mol. The number of nitrogens with zero attached hydrogens (tertiary/aromatic N) is 4. The fourth-order valence-electron chi connectivity index (χ4n) is 2.07. The number of rotatable bonds is 4. The molecular formula is C16H12Cl2N4OS2. The van der Waals surface area contributed by atoms with Crippen molar-refractivity contribution in [1.82, 2.24) is 15.1 Å². The summed E-state index contributed by atoms with van der Waals surface area (Å²) in [6, 6.07) is 5.21. The SMILES string of the molecule is C=CCN1C(=O)/C(=C/c2c(Cl)cccc2Cl)S/C1=N/c1nnc(C)s1. The van der Waals surface area contributed by atoms with Crippen molar-refractivity contribution in [3.05, 3.63) is 56.4 Å². The van der Waals surface area contributed by atoms with Gasteiger partial charge in [0.1, 0.15) is 5.01 Å². The van der Waals surface area contributed by atoms with Crippen molar-refractivity contribution in [3.63, 3.8) is 0 Å². The van der Waals surface area contributed by atoms with Crippen molar-refractivity contribution < 1.29 is 4.79 Å². The van der Waals surface area contributed by atoms with Gasteiger partial charge in [-0.15, -0.1) is 16.8 Å². The third-order valence-electron chi connectivity index (χ3n) is 3.18. The first-order valence-electron chi connectivity index (χ1n) is 7.14. The molecule has 3 rings (SSSR count). The number of carbonyl (C=O) groups is 1. The highest BCUT2D eigenvalue weighted by atomic mass is 35.5. The minimum atomic E-state index is -0.180. The Morgan fingerprint density at radius 3 is 2.64 bits per heavy atom. The Hall–Kier alpha value is -1.67. The second-order valence-electron chi connectivity index (χ2n) is 4.95. The monoisotopic (exact) mass is 410 g/mol. The summed E-state index contributed by atoms with van der Waals surface area (Å²) in [7, 11) is 0. The first kappa shape index (κ1) is 18.1. The molecule has 1 aliphatic heterocycles. The van der Waals surface area contributed by atoms with E-state index < -0.39 is 0 Å². The predicted octanol–water partition coefficient (Wildman–Crippen LogP) is 4.94. The van der Waals surface area contributed by atoms with Crippen molar-refractivity contribution >= 4 is 68.6 Å². The van der Waals surface area contributed by atoms with Crippen molar-refractivity contribution in [2.75, 3.05) is 6.54 Å². The first-order valence-corrected chi connectivity index (χ1v) is 9.53. The fourth-order valence-corrected chi connectivity index (χ4v) is 4.17. The van der Waals surface area contributed by atoms with Crippen LogP contribution in [0, 0.1) is 6.92 Å². The smallest absolute Gasteiger partial charge is 0.267 e. The van der Waals surface area contributed by atoms with E-state index in [1.54, 1.807) is 30.4 Å². The minimum Gasteiger partial charge on any atom is -0.282 e. The van der Waals surface area contributed by atoms with E-state index in [9.17, 15) is 4.79 Å². The molecule has 1 amide bonds. The van der Waals surface area contributed by atoms with Gasteiger partial charge in [0.25, 0.3) is 5.91 Å². The molecule has 5 nitrogen and oxygen atoms in total. The summed E-state index contributed by atoms with van der Waals surface area (Å²) in [4.78, 5) is 19.2. The summed E-state index contributed by atoms with van der Waals surface area (Å²) in [5.41, 5.74) is 0.605. The highest BCUT2D eigenvalue weighted by Crippen LogP contribution is 2.37. The lowest BCUT2D eigenvalue weighted by molar-refractivity contribution is -0.121. The van der Waals surface area contributed by atoms with E-state index in [0.29, 0.717) is 37.4 Å². The van der Waals surface area contributed by atoms with Crippen LogP contribution in [0.3, 0.4) is 0 Å². The lowest BCUT2D eigenvalue weighted by Crippen LogP contribution is -2.29. The van der Waals surface area contributed by atoms with Crippen molar-refractivity contribution in [2.45, 2.75) is 6.92 Å². The van der Waals surface area contributed by atoms with Crippen LogP contribution >= 0.6 is 46.3 Å². The number of amides is 1. The number of aryl methyl sites for hydroxylation is 1. The molecular weight excluding hydrogens is 399 g/mol. The van der Waals surface area contributed by atoms with Gasteiger partial charge >= 0.3 is 0 Å². The number of hydrogen-bond acceptors (Lipinski definition) is 6. The van der Waals surface area contributed by atoms with Crippen molar-refractivity contribution in [2.24, 2.45) is 4.99 Å². The molecule has 1 saturated heterocycles. The molecule has 1 fully saturated rings. The standard InChI is InChI=1S/C16H12Cl2N4OS2/c1-3-7-22-14(23)13(8-10-11(17)5-4-6-12(10)18)25-16(22)19-15-21-20-9(2)24-15/h3-6,8H,1,7H2,2H3/b13-8-,19-16+. The summed E-state index contributed by atoms with van der Waals surface area (Å²) >= 11 is 15.0. The number of benzene rings is 1. The van der Waals surface area contributed by atoms with Gasteiger partial charge in [0.2, 0.25) is 5.13 Å². The van der Waals surface area contributed by atoms with Gasteiger partial charge in [-0.05, 0) is 36.9 Å². The van der Waals surface area contributed by atoms with Gasteiger partial charge in [-0.25, -0.2) is 0 Å². The number of aliphatic imine (C=N–C) groups is 1. The summed E-state index contributed by atoms with van der Waals surface area (Å²) in [5.74, 6) is -0.180. The summed E-state index contributed by atoms with van der Waals surface area (Å²) < 4.78 is 0. The largest absolute Gasteiger partial charge is 0.282 e. The van der Waals surface area contributed by atoms with Crippen LogP contribution < -0.4 is 0 Å². The summed E-state index contributed by atoms with van der Waals surface area (Å²) in [6.45, 7) is 5.89. The lowest BCUT2D eigenvalue weighted by Gasteiger charge is -2.11. The Bertz CT molecular complexity index is 887. The van der Waals surface area contributed by atoms with Crippen molar-refractivity contribution in [3.8, 4) is 0 Å². The van der Waals surface area contributed by atoms with Gasteiger partial charge < -0.3 is 0 Å². The van der Waals surface area contributed by atoms with Crippen molar-refractivity contribution in [1.29, 1.82) is 0 Å². The number of halogens is 2. The number of amidine groups is 1. The third kappa shape index (κ3) is 3.95. The molecule has 25 heavy (non-hydrogen) atoms. The molecule has 0 N–H and O–H groups in total. The van der Waals surface area contributed by atoms with Gasteiger partial charge in [0, 0.05) is 22.2 Å². The van der Waals surface area contributed by atoms with Crippen LogP contribution in [0.25, 0.3) is 6.08 Å². The van der Waals surface area contributed by atoms with E-state index in [4.69, 9.17) is 23.2 Å². The van der Waals surface area contributed by atoms with Crippen LogP contribution in [-0.4, -0.2) is 32.7 Å². The Balaban J connectivity index is 2.00. The first-order chi connectivity index (χ1) is 12.0. The Morgan fingerprint density at radius 1 is 1.32 bits per heavy atom. The fraction of sp³-hybridized carbons (Fsp3) is 0.125. The highest BCUT2D eigenvalue weighted by molar-refractivity contribution is 8.18. The molecule has 0 unspecified atom stereocenters. The van der Waals surface area contributed by atoms with Crippen LogP contribution in [0.1, 0.15) is 10.6 Å². The molecule has 1 aromatic heterocycles. The minimum absolute atomic E-state index is 0.180. The number of aromatic nitrogens is 2. The zero-order chi connectivity index (χ0) is 18.0. The molecule has 0 saturated carbocycles. The van der Waals surface area contributed by atoms with Gasteiger partial charge in [-0.2, -0.15) is 4.99 Å². The van der Waals surface area contributed by atoms with Crippen LogP contribution in [0.4, 0.5) is 5.13 Å². The molecule has 0 aliphatic carbocycles. The van der Waals surface area contributed by atoms with Crippen LogP contribution in [0.5, 0.6) is 0 Å². The molecule has 0 atom stereocenters. The maximum atomic E-state index is 12.7. The zero-order valence-electron chi connectivity index (χ0n) is 13.1. The third-order valence-corrected chi connectivity index (χ3v) is 5.58. The summed E-state index contributed by atoms with van der Waals surface area (Å²) in [6.07, 6.45) is 3.33. The van der Waals surface area contributed by atoms with E-state index in [1.807, 2.05) is 6.92 Å². The van der Waals surface area contributed by atoms with E-state index in [1.165, 1.54) is 28.0 Å². The topological polar surface area (TPSA) is 58.5 Å². The molecule has 2 aromatic rings. The van der Waals surface area contributed by atoms with Crippen LogP contribution in [0.2, 0.25) is 10.0 Å². The maximum absolute atomic E-state index is 12.7. The molecule has 0 spiro atoms. The van der Waals surface area contributed by atoms with E-state index in [-0.39, 0.29) is 5.91 Å². The van der Waals surface area contributed by atoms with Gasteiger partial charge in [0.15, 0.2) is 5.17 Å². The molecule has 1 aromatic carbocycles. The quantitative estimate of drug-likeness (QED) is 0.528. The van der Waals surface area contributed by atoms with Crippen LogP contribution in [0.15, 0.2) is 40.8 Å². The van der Waals surface area contributed by atoms with Crippen LogP contribution in [-0.2, 0) is 4.79 Å². The molecule has 0 bridgehead atoms. The summed E-state index contributed by atoms with van der Waals surface area (Å²) in [5, 5.41) is 10.7. The molecule has 128 valence electrons. The number of hydrogen-bond donors (Lipinski definition) is 0. The lowest BCUT2D eigenvalue weighted by atomic mass is 10.2. The zero-order valence-corrected chi connectivity index (χ0v) is 16.2. The maximum Gasteiger partial charge on any atom is 0.267 e. The molecule has 2 heterocycles. The molecule has 0 radical (unpaired) electrons. The van der Waals surface area contributed by atoms with Gasteiger partial charge in [0.05, 0.1) is 4.91 Å². The number of thioether (sulfide) groups is 1. The average Bonchev–Trinajstić information content (AvgIpc) is 3.10.